The number of nitrogens with zero attached hydrogens (tertiary/aromatic N) is 1. The van der Waals surface area contributed by atoms with Crippen molar-refractivity contribution in [2.45, 2.75) is 17.0 Å². The maximum Gasteiger partial charge on any atom is 0.416 e. The maximum absolute atomic E-state index is 13.5. The summed E-state index contributed by atoms with van der Waals surface area (Å²) in [7, 11) is -2.44. The summed E-state index contributed by atoms with van der Waals surface area (Å²) in [5, 5.41) is 2.36. The van der Waals surface area contributed by atoms with Gasteiger partial charge in [0, 0.05) is 25.8 Å². The van der Waals surface area contributed by atoms with Crippen LogP contribution in [0, 0.1) is 11.7 Å². The lowest BCUT2D eigenvalue weighted by atomic mass is 9.87. The molecule has 1 aliphatic heterocycles. The van der Waals surface area contributed by atoms with Gasteiger partial charge in [0.05, 0.1) is 16.1 Å². The van der Waals surface area contributed by atoms with Gasteiger partial charge >= 0.3 is 6.18 Å². The average Bonchev–Trinajstić information content (AvgIpc) is 2.96. The number of benzene rings is 2. The molecule has 1 N–H and O–H groups in total. The van der Waals surface area contributed by atoms with Gasteiger partial charge in [0.15, 0.2) is 9.84 Å². The summed E-state index contributed by atoms with van der Waals surface area (Å²) >= 11 is 0. The second-order valence-electron chi connectivity index (χ2n) is 7.32. The van der Waals surface area contributed by atoms with Gasteiger partial charge in [-0.3, -0.25) is 9.59 Å². The molecular formula is C20H18F4N2O4S. The zero-order valence-electron chi connectivity index (χ0n) is 16.4. The third-order valence-electron chi connectivity index (χ3n) is 5.06. The van der Waals surface area contributed by atoms with Crippen molar-refractivity contribution in [2.24, 2.45) is 5.92 Å². The molecule has 11 heteroatoms. The summed E-state index contributed by atoms with van der Waals surface area (Å²) in [6.45, 7) is 0.0879. The van der Waals surface area contributed by atoms with E-state index in [0.717, 1.165) is 36.6 Å². The molecule has 0 saturated carbocycles. The fourth-order valence-electron chi connectivity index (χ4n) is 3.53. The number of hydrogen-bond acceptors (Lipinski definition) is 4. The van der Waals surface area contributed by atoms with Gasteiger partial charge in [-0.2, -0.15) is 13.2 Å². The van der Waals surface area contributed by atoms with E-state index in [-0.39, 0.29) is 12.2 Å². The van der Waals surface area contributed by atoms with Crippen LogP contribution in [0.3, 0.4) is 0 Å². The molecule has 0 unspecified atom stereocenters. The van der Waals surface area contributed by atoms with Crippen LogP contribution in [-0.4, -0.2) is 45.0 Å². The number of alkyl halides is 3. The molecule has 0 radical (unpaired) electrons. The SMILES string of the molecule is CN1C[C@H](c2ccc(C(F)(F)F)cc2)[C@@H](C(=O)Nc2ccc(F)cc2S(C)(=O)=O)C1=O. The third kappa shape index (κ3) is 4.71. The quantitative estimate of drug-likeness (QED) is 0.564. The topological polar surface area (TPSA) is 83.6 Å². The van der Waals surface area contributed by atoms with Crippen molar-refractivity contribution in [1.29, 1.82) is 0 Å². The highest BCUT2D eigenvalue weighted by molar-refractivity contribution is 7.90. The second-order valence-corrected chi connectivity index (χ2v) is 9.31. The van der Waals surface area contributed by atoms with Crippen LogP contribution in [0.4, 0.5) is 23.2 Å². The third-order valence-corrected chi connectivity index (χ3v) is 6.20. The maximum atomic E-state index is 13.5. The zero-order chi connectivity index (χ0) is 23.1. The van der Waals surface area contributed by atoms with Crippen LogP contribution >= 0.6 is 0 Å². The van der Waals surface area contributed by atoms with Gasteiger partial charge in [0.2, 0.25) is 11.8 Å². The predicted molar refractivity (Wildman–Crippen MR) is 103 cm³/mol. The highest BCUT2D eigenvalue weighted by Gasteiger charge is 2.44. The lowest BCUT2D eigenvalue weighted by Crippen LogP contribution is -2.33. The van der Waals surface area contributed by atoms with Crippen molar-refractivity contribution in [3.63, 3.8) is 0 Å². The molecule has 1 saturated heterocycles. The Morgan fingerprint density at radius 2 is 1.74 bits per heavy atom. The number of halogens is 4. The van der Waals surface area contributed by atoms with Crippen LogP contribution in [0.5, 0.6) is 0 Å². The molecule has 6 nitrogen and oxygen atoms in total. The smallest absolute Gasteiger partial charge is 0.344 e. The Balaban J connectivity index is 1.93. The molecule has 2 amide bonds. The highest BCUT2D eigenvalue weighted by Crippen LogP contribution is 2.36. The van der Waals surface area contributed by atoms with E-state index in [1.54, 1.807) is 0 Å². The van der Waals surface area contributed by atoms with Gasteiger partial charge in [-0.05, 0) is 35.9 Å². The Labute approximate surface area is 175 Å². The molecule has 0 aliphatic carbocycles. The lowest BCUT2D eigenvalue weighted by molar-refractivity contribution is -0.138. The van der Waals surface area contributed by atoms with Crippen molar-refractivity contribution in [3.8, 4) is 0 Å². The van der Waals surface area contributed by atoms with E-state index in [4.69, 9.17) is 0 Å². The molecule has 0 bridgehead atoms. The van der Waals surface area contributed by atoms with E-state index in [9.17, 15) is 35.6 Å². The van der Waals surface area contributed by atoms with Crippen LogP contribution in [0.2, 0.25) is 0 Å². The minimum Gasteiger partial charge on any atom is -0.344 e. The molecule has 0 spiro atoms. The molecule has 0 aromatic heterocycles. The molecule has 166 valence electrons. The number of nitrogens with one attached hydrogen (secondary N) is 1. The largest absolute Gasteiger partial charge is 0.416 e. The van der Waals surface area contributed by atoms with Crippen LogP contribution < -0.4 is 5.32 Å². The number of carbonyl (C=O) groups is 2. The molecule has 1 fully saturated rings. The summed E-state index contributed by atoms with van der Waals surface area (Å²) in [5.41, 5.74) is -0.699. The molecule has 3 rings (SSSR count). The fourth-order valence-corrected chi connectivity index (χ4v) is 4.37. The lowest BCUT2D eigenvalue weighted by Gasteiger charge is -2.18. The molecular weight excluding hydrogens is 440 g/mol. The van der Waals surface area contributed by atoms with Crippen molar-refractivity contribution in [1.82, 2.24) is 4.90 Å². The minimum absolute atomic E-state index is 0.0879. The number of amides is 2. The molecule has 1 heterocycles. The van der Waals surface area contributed by atoms with Gasteiger partial charge in [0.1, 0.15) is 11.7 Å². The summed E-state index contributed by atoms with van der Waals surface area (Å²) in [5.74, 6) is -4.26. The number of carbonyl (C=O) groups excluding carboxylic acids is 2. The van der Waals surface area contributed by atoms with E-state index >= 15 is 0 Å². The Hall–Kier alpha value is -2.95. The van der Waals surface area contributed by atoms with Crippen LogP contribution in [0.25, 0.3) is 0 Å². The number of likely N-dealkylation sites (N-methyl/N-ethyl adjacent to an activating group) is 1. The van der Waals surface area contributed by atoms with Gasteiger partial charge in [-0.15, -0.1) is 0 Å². The average molecular weight is 458 g/mol. The van der Waals surface area contributed by atoms with Crippen molar-refractivity contribution in [2.75, 3.05) is 25.2 Å². The second kappa shape index (κ2) is 7.95. The first kappa shape index (κ1) is 22.7. The number of rotatable bonds is 4. The first-order valence-corrected chi connectivity index (χ1v) is 10.9. The molecule has 2 aromatic rings. The van der Waals surface area contributed by atoms with Crippen LogP contribution in [0.15, 0.2) is 47.4 Å². The zero-order valence-corrected chi connectivity index (χ0v) is 17.2. The first-order chi connectivity index (χ1) is 14.3. The van der Waals surface area contributed by atoms with E-state index in [2.05, 4.69) is 5.32 Å². The van der Waals surface area contributed by atoms with E-state index in [0.29, 0.717) is 5.56 Å². The Morgan fingerprint density at radius 3 is 2.29 bits per heavy atom. The van der Waals surface area contributed by atoms with E-state index in [1.165, 1.54) is 24.1 Å². The van der Waals surface area contributed by atoms with Gasteiger partial charge in [-0.25, -0.2) is 12.8 Å². The fraction of sp³-hybridized carbons (Fsp3) is 0.300. The van der Waals surface area contributed by atoms with Crippen molar-refractivity contribution in [3.05, 3.63) is 59.4 Å². The van der Waals surface area contributed by atoms with Crippen molar-refractivity contribution < 1.29 is 35.6 Å². The van der Waals surface area contributed by atoms with E-state index in [1.807, 2.05) is 0 Å². The summed E-state index contributed by atoms with van der Waals surface area (Å²) in [6, 6.07) is 6.94. The Morgan fingerprint density at radius 1 is 1.13 bits per heavy atom. The molecule has 2 atom stereocenters. The molecule has 1 aliphatic rings. The standard InChI is InChI=1S/C20H18F4N2O4S/c1-26-10-14(11-3-5-12(6-4-11)20(22,23)24)17(19(26)28)18(27)25-15-8-7-13(21)9-16(15)31(2,29)30/h3-9,14,17H,10H2,1-2H3,(H,25,27)/t14-,17+/m1/s1. The summed E-state index contributed by atoms with van der Waals surface area (Å²) in [4.78, 5) is 26.3. The minimum atomic E-state index is -4.53. The van der Waals surface area contributed by atoms with Crippen molar-refractivity contribution >= 4 is 27.3 Å². The van der Waals surface area contributed by atoms with Crippen LogP contribution in [-0.2, 0) is 25.6 Å². The van der Waals surface area contributed by atoms with Gasteiger partial charge in [0.25, 0.3) is 0 Å². The number of anilines is 1. The Bertz CT molecular complexity index is 1130. The first-order valence-electron chi connectivity index (χ1n) is 9.01. The monoisotopic (exact) mass is 458 g/mol. The molecule has 31 heavy (non-hydrogen) atoms. The summed E-state index contributed by atoms with van der Waals surface area (Å²) < 4.78 is 75.9. The normalized spacial score (nSPS) is 19.5. The highest BCUT2D eigenvalue weighted by atomic mass is 32.2. The van der Waals surface area contributed by atoms with Gasteiger partial charge < -0.3 is 10.2 Å². The van der Waals surface area contributed by atoms with E-state index < -0.39 is 55.9 Å². The number of hydrogen-bond donors (Lipinski definition) is 1. The Kier molecular flexibility index (Phi) is 5.83. The number of likely N-dealkylation sites (tertiary alicyclic amines) is 1. The van der Waals surface area contributed by atoms with Gasteiger partial charge in [-0.1, -0.05) is 12.1 Å². The summed E-state index contributed by atoms with van der Waals surface area (Å²) in [6.07, 6.45) is -3.68. The predicted octanol–water partition coefficient (Wildman–Crippen LogP) is 3.06. The molecule has 2 aromatic carbocycles. The van der Waals surface area contributed by atoms with Crippen LogP contribution in [0.1, 0.15) is 17.0 Å². The number of sulfone groups is 1.